The molecule has 2 heterocycles. The van der Waals surface area contributed by atoms with E-state index in [4.69, 9.17) is 0 Å². The minimum absolute atomic E-state index is 0.184. The number of anilines is 1. The van der Waals surface area contributed by atoms with Crippen LogP contribution >= 0.6 is 0 Å². The summed E-state index contributed by atoms with van der Waals surface area (Å²) >= 11 is 0. The third kappa shape index (κ3) is 1.70. The highest BCUT2D eigenvalue weighted by atomic mass is 19.1. The molecule has 1 saturated heterocycles. The average Bonchev–Trinajstić information content (AvgIpc) is 2.63. The summed E-state index contributed by atoms with van der Waals surface area (Å²) in [6, 6.07) is 3.16. The number of quaternary nitrogens is 1. The minimum Gasteiger partial charge on any atom is -0.291 e. The van der Waals surface area contributed by atoms with Crippen LogP contribution in [0.4, 0.5) is 10.1 Å². The zero-order chi connectivity index (χ0) is 14.5. The van der Waals surface area contributed by atoms with Crippen LogP contribution in [0.5, 0.6) is 0 Å². The molecule has 104 valence electrons. The molecule has 0 bridgehead atoms. The number of carbonyl (C=O) groups is 3. The molecule has 6 nitrogen and oxygen atoms in total. The Hall–Kier alpha value is -2.28. The molecule has 20 heavy (non-hydrogen) atoms. The van der Waals surface area contributed by atoms with Crippen molar-refractivity contribution in [1.82, 2.24) is 5.32 Å². The van der Waals surface area contributed by atoms with Crippen LogP contribution in [-0.4, -0.2) is 35.4 Å². The zero-order valence-electron chi connectivity index (χ0n) is 10.8. The lowest BCUT2D eigenvalue weighted by molar-refractivity contribution is -0.820. The molecular formula is C13H13FN3O3+. The fraction of sp³-hybridized carbons (Fsp3) is 0.308. The van der Waals surface area contributed by atoms with Crippen molar-refractivity contribution in [3.8, 4) is 0 Å². The molecule has 0 spiro atoms. The van der Waals surface area contributed by atoms with Gasteiger partial charge in [0.25, 0.3) is 5.91 Å². The van der Waals surface area contributed by atoms with Gasteiger partial charge in [-0.15, -0.1) is 4.59 Å². The lowest BCUT2D eigenvalue weighted by Crippen LogP contribution is -2.64. The van der Waals surface area contributed by atoms with Gasteiger partial charge in [-0.3, -0.25) is 14.9 Å². The number of carbonyl (C=O) groups excluding carboxylic acids is 3. The van der Waals surface area contributed by atoms with E-state index in [1.54, 1.807) is 7.05 Å². The highest BCUT2D eigenvalue weighted by Gasteiger charge is 2.52. The van der Waals surface area contributed by atoms with Gasteiger partial charge in [0.05, 0.1) is 7.05 Å². The largest absolute Gasteiger partial charge is 0.372 e. The van der Waals surface area contributed by atoms with Crippen LogP contribution in [-0.2, 0) is 9.59 Å². The Balaban J connectivity index is 1.97. The molecule has 2 atom stereocenters. The van der Waals surface area contributed by atoms with Crippen molar-refractivity contribution in [2.75, 3.05) is 12.5 Å². The van der Waals surface area contributed by atoms with Crippen molar-refractivity contribution in [1.29, 1.82) is 0 Å². The highest BCUT2D eigenvalue weighted by Crippen LogP contribution is 2.34. The summed E-state index contributed by atoms with van der Waals surface area (Å²) in [5, 5.41) is 2.23. The van der Waals surface area contributed by atoms with Crippen molar-refractivity contribution in [2.45, 2.75) is 18.9 Å². The lowest BCUT2D eigenvalue weighted by atomic mass is 10.0. The number of amides is 3. The third-order valence-electron chi connectivity index (χ3n) is 3.82. The van der Waals surface area contributed by atoms with E-state index in [2.05, 4.69) is 10.7 Å². The number of piperidine rings is 1. The number of fused-ring (bicyclic) bond motifs is 1. The number of likely N-dealkylation sites (N-methyl/N-ethyl adjacent to an activating group) is 1. The summed E-state index contributed by atoms with van der Waals surface area (Å²) in [6.07, 6.45) is 0.459. The molecule has 2 unspecified atom stereocenters. The third-order valence-corrected chi connectivity index (χ3v) is 3.82. The quantitative estimate of drug-likeness (QED) is 0.581. The SMILES string of the molecule is C[N+]1(C2CCC(=O)NC2=O)Nc2ccc(F)cc2C1=O. The standard InChI is InChI=1S/C13H12FN3O3/c1-17(10-4-5-11(18)15-12(10)19)13(20)8-6-7(14)2-3-9(8)16-17/h2-3,6,10H,4-5H2,1H3,(H-,15,16,18,19,20)/p+1. The lowest BCUT2D eigenvalue weighted by Gasteiger charge is -2.34. The summed E-state index contributed by atoms with van der Waals surface area (Å²) in [4.78, 5) is 35.6. The summed E-state index contributed by atoms with van der Waals surface area (Å²) in [7, 11) is 1.56. The molecule has 0 saturated carbocycles. The average molecular weight is 278 g/mol. The maximum atomic E-state index is 13.2. The predicted octanol–water partition coefficient (Wildman–Crippen LogP) is 0.558. The molecule has 0 aromatic heterocycles. The molecule has 1 aromatic carbocycles. The summed E-state index contributed by atoms with van der Waals surface area (Å²) in [5.74, 6) is -1.71. The highest BCUT2D eigenvalue weighted by molar-refractivity contribution is 6.03. The van der Waals surface area contributed by atoms with Crippen LogP contribution in [0.2, 0.25) is 0 Å². The fourth-order valence-electron chi connectivity index (χ4n) is 2.74. The van der Waals surface area contributed by atoms with E-state index in [1.807, 2.05) is 0 Å². The molecule has 1 fully saturated rings. The van der Waals surface area contributed by atoms with Crippen LogP contribution in [0.15, 0.2) is 18.2 Å². The van der Waals surface area contributed by atoms with E-state index in [-0.39, 0.29) is 34.8 Å². The molecule has 3 rings (SSSR count). The van der Waals surface area contributed by atoms with Gasteiger partial charge >= 0.3 is 5.91 Å². The van der Waals surface area contributed by atoms with E-state index >= 15 is 0 Å². The van der Waals surface area contributed by atoms with Gasteiger partial charge in [-0.2, -0.15) is 0 Å². The second-order valence-electron chi connectivity index (χ2n) is 5.15. The van der Waals surface area contributed by atoms with Crippen LogP contribution in [0.3, 0.4) is 0 Å². The molecule has 0 radical (unpaired) electrons. The van der Waals surface area contributed by atoms with E-state index in [1.165, 1.54) is 12.1 Å². The topological polar surface area (TPSA) is 75.3 Å². The molecule has 2 aliphatic rings. The fourth-order valence-corrected chi connectivity index (χ4v) is 2.74. The van der Waals surface area contributed by atoms with Crippen LogP contribution < -0.4 is 10.7 Å². The normalized spacial score (nSPS) is 28.9. The maximum absolute atomic E-state index is 13.2. The number of hydrogen-bond acceptors (Lipinski definition) is 4. The second-order valence-corrected chi connectivity index (χ2v) is 5.15. The van der Waals surface area contributed by atoms with E-state index in [0.717, 1.165) is 6.07 Å². The van der Waals surface area contributed by atoms with Gasteiger partial charge in [-0.1, -0.05) is 0 Å². The number of imide groups is 1. The molecular weight excluding hydrogens is 265 g/mol. The number of nitrogens with one attached hydrogen (secondary N) is 2. The molecule has 2 aliphatic heterocycles. The first-order chi connectivity index (χ1) is 9.41. The van der Waals surface area contributed by atoms with Crippen molar-refractivity contribution in [2.24, 2.45) is 0 Å². The molecule has 3 amide bonds. The Kier molecular flexibility index (Phi) is 2.62. The van der Waals surface area contributed by atoms with E-state index in [0.29, 0.717) is 5.69 Å². The van der Waals surface area contributed by atoms with Gasteiger partial charge < -0.3 is 0 Å². The molecule has 0 aliphatic carbocycles. The number of benzene rings is 1. The van der Waals surface area contributed by atoms with Crippen LogP contribution in [0, 0.1) is 5.82 Å². The Bertz CT molecular complexity index is 646. The van der Waals surface area contributed by atoms with Crippen molar-refractivity contribution >= 4 is 23.4 Å². The van der Waals surface area contributed by atoms with Gasteiger partial charge in [0, 0.05) is 12.8 Å². The first-order valence-electron chi connectivity index (χ1n) is 6.24. The summed E-state index contributed by atoms with van der Waals surface area (Å²) in [5.41, 5.74) is 3.66. The van der Waals surface area contributed by atoms with Gasteiger partial charge in [0.2, 0.25) is 5.91 Å². The summed E-state index contributed by atoms with van der Waals surface area (Å²) in [6.45, 7) is 0. The first kappa shape index (κ1) is 12.7. The number of halogens is 1. The zero-order valence-corrected chi connectivity index (χ0v) is 10.8. The monoisotopic (exact) mass is 278 g/mol. The Morgan fingerprint density at radius 3 is 2.75 bits per heavy atom. The first-order valence-corrected chi connectivity index (χ1v) is 6.24. The summed E-state index contributed by atoms with van der Waals surface area (Å²) < 4.78 is 12.9. The molecule has 7 heteroatoms. The van der Waals surface area contributed by atoms with Crippen LogP contribution in [0.25, 0.3) is 0 Å². The Morgan fingerprint density at radius 2 is 2.05 bits per heavy atom. The van der Waals surface area contributed by atoms with Crippen molar-refractivity contribution in [3.05, 3.63) is 29.6 Å². The smallest absolute Gasteiger partial charge is 0.291 e. The second kappa shape index (κ2) is 4.11. The van der Waals surface area contributed by atoms with Crippen molar-refractivity contribution in [3.63, 3.8) is 0 Å². The van der Waals surface area contributed by atoms with E-state index in [9.17, 15) is 18.8 Å². The minimum atomic E-state index is -0.712. The van der Waals surface area contributed by atoms with Gasteiger partial charge in [0.1, 0.15) is 17.1 Å². The molecule has 1 aromatic rings. The maximum Gasteiger partial charge on any atom is 0.372 e. The van der Waals surface area contributed by atoms with Gasteiger partial charge in [0.15, 0.2) is 6.04 Å². The predicted molar refractivity (Wildman–Crippen MR) is 66.7 cm³/mol. The Morgan fingerprint density at radius 1 is 1.30 bits per heavy atom. The number of nitrogens with zero attached hydrogens (tertiary/aromatic N) is 1. The van der Waals surface area contributed by atoms with E-state index < -0.39 is 17.8 Å². The van der Waals surface area contributed by atoms with Crippen LogP contribution in [0.1, 0.15) is 23.2 Å². The molecule has 2 N–H and O–H groups in total. The van der Waals surface area contributed by atoms with Crippen molar-refractivity contribution < 1.29 is 23.4 Å². The van der Waals surface area contributed by atoms with Gasteiger partial charge in [-0.25, -0.2) is 14.6 Å². The van der Waals surface area contributed by atoms with Gasteiger partial charge in [-0.05, 0) is 18.2 Å². The number of hydrogen-bond donors (Lipinski definition) is 2. The number of rotatable bonds is 1. The Labute approximate surface area is 114 Å².